The average Bonchev–Trinajstić information content (AvgIpc) is 1.94. The maximum atomic E-state index is 4.21. The molecule has 0 aliphatic heterocycles. The summed E-state index contributed by atoms with van der Waals surface area (Å²) in [5, 5.41) is 3.06. The third kappa shape index (κ3) is 2.87. The van der Waals surface area contributed by atoms with Crippen LogP contribution in [0.1, 0.15) is 11.3 Å². The lowest BCUT2D eigenvalue weighted by atomic mass is 10.2. The van der Waals surface area contributed by atoms with Gasteiger partial charge in [-0.1, -0.05) is 6.07 Å². The van der Waals surface area contributed by atoms with Gasteiger partial charge in [0.15, 0.2) is 0 Å². The third-order valence-corrected chi connectivity index (χ3v) is 1.46. The summed E-state index contributed by atoms with van der Waals surface area (Å²) < 4.78 is 0. The quantitative estimate of drug-likeness (QED) is 0.732. The molecule has 0 aromatic carbocycles. The topological polar surface area (TPSA) is 24.9 Å². The number of halogens is 1. The Morgan fingerprint density at radius 2 is 2.27 bits per heavy atom. The number of aromatic nitrogens is 1. The fourth-order valence-electron chi connectivity index (χ4n) is 0.871. The van der Waals surface area contributed by atoms with E-state index in [0.29, 0.717) is 0 Å². The van der Waals surface area contributed by atoms with E-state index in [9.17, 15) is 0 Å². The van der Waals surface area contributed by atoms with Gasteiger partial charge in [-0.2, -0.15) is 0 Å². The number of hydrogen-bond donors (Lipinski definition) is 1. The van der Waals surface area contributed by atoms with E-state index in [1.54, 1.807) is 0 Å². The maximum absolute atomic E-state index is 4.21. The Hall–Kier alpha value is -0.600. The zero-order valence-corrected chi connectivity index (χ0v) is 7.61. The highest BCUT2D eigenvalue weighted by Gasteiger charge is 1.93. The molecule has 1 aromatic heterocycles. The summed E-state index contributed by atoms with van der Waals surface area (Å²) in [5.74, 6) is 0. The molecular weight excluding hydrogens is 160 g/mol. The summed E-state index contributed by atoms with van der Waals surface area (Å²) in [5.41, 5.74) is 2.38. The van der Waals surface area contributed by atoms with Crippen molar-refractivity contribution < 1.29 is 0 Å². The van der Waals surface area contributed by atoms with E-state index in [-0.39, 0.29) is 12.4 Å². The number of nitrogens with one attached hydrogen (secondary N) is 1. The van der Waals surface area contributed by atoms with Gasteiger partial charge in [0.2, 0.25) is 0 Å². The molecule has 0 saturated heterocycles. The Morgan fingerprint density at radius 1 is 1.55 bits per heavy atom. The molecule has 0 fully saturated rings. The van der Waals surface area contributed by atoms with Gasteiger partial charge in [0.25, 0.3) is 0 Å². The smallest absolute Gasteiger partial charge is 0.0570 e. The summed E-state index contributed by atoms with van der Waals surface area (Å²) in [6.45, 7) is 2.92. The van der Waals surface area contributed by atoms with Crippen molar-refractivity contribution in [3.63, 3.8) is 0 Å². The predicted octanol–water partition coefficient (Wildman–Crippen LogP) is 1.53. The zero-order valence-electron chi connectivity index (χ0n) is 6.79. The van der Waals surface area contributed by atoms with Crippen LogP contribution in [0, 0.1) is 6.92 Å². The minimum Gasteiger partial charge on any atom is -0.314 e. The Balaban J connectivity index is 0.000001000. The van der Waals surface area contributed by atoms with Crippen LogP contribution in [0.25, 0.3) is 0 Å². The molecule has 1 N–H and O–H groups in total. The Kier molecular flexibility index (Phi) is 4.83. The molecule has 0 radical (unpaired) electrons. The number of hydrogen-bond acceptors (Lipinski definition) is 2. The molecule has 3 heteroatoms. The first-order valence-electron chi connectivity index (χ1n) is 3.39. The Bertz CT molecular complexity index is 213. The first kappa shape index (κ1) is 10.4. The van der Waals surface area contributed by atoms with Gasteiger partial charge in [-0.15, -0.1) is 12.4 Å². The van der Waals surface area contributed by atoms with Crippen molar-refractivity contribution in [3.8, 4) is 0 Å². The molecule has 1 aromatic rings. The van der Waals surface area contributed by atoms with Gasteiger partial charge in [0.05, 0.1) is 5.69 Å². The summed E-state index contributed by atoms with van der Waals surface area (Å²) in [6.07, 6.45) is 1.82. The standard InChI is InChI=1S/C8H12N2.ClH/c1-7-4-3-5-10-8(7)6-9-2;/h3-5,9H,6H2,1-2H3;1H. The molecule has 1 heterocycles. The summed E-state index contributed by atoms with van der Waals surface area (Å²) >= 11 is 0. The summed E-state index contributed by atoms with van der Waals surface area (Å²) in [7, 11) is 1.92. The van der Waals surface area contributed by atoms with Gasteiger partial charge in [0.1, 0.15) is 0 Å². The molecule has 11 heavy (non-hydrogen) atoms. The minimum absolute atomic E-state index is 0. The van der Waals surface area contributed by atoms with Crippen LogP contribution >= 0.6 is 12.4 Å². The van der Waals surface area contributed by atoms with Crippen LogP contribution in [-0.4, -0.2) is 12.0 Å². The zero-order chi connectivity index (χ0) is 7.40. The lowest BCUT2D eigenvalue weighted by molar-refractivity contribution is 0.784. The van der Waals surface area contributed by atoms with E-state index in [4.69, 9.17) is 0 Å². The molecule has 0 unspecified atom stereocenters. The van der Waals surface area contributed by atoms with Crippen molar-refractivity contribution in [1.82, 2.24) is 10.3 Å². The summed E-state index contributed by atoms with van der Waals surface area (Å²) in [4.78, 5) is 4.21. The molecule has 0 atom stereocenters. The van der Waals surface area contributed by atoms with Crippen LogP contribution in [0.5, 0.6) is 0 Å². The molecule has 2 nitrogen and oxygen atoms in total. The average molecular weight is 173 g/mol. The van der Waals surface area contributed by atoms with Crippen LogP contribution in [0.4, 0.5) is 0 Å². The lowest BCUT2D eigenvalue weighted by Crippen LogP contribution is -2.07. The molecule has 1 rings (SSSR count). The van der Waals surface area contributed by atoms with E-state index in [2.05, 4.69) is 23.3 Å². The first-order chi connectivity index (χ1) is 4.84. The molecule has 0 bridgehead atoms. The molecule has 0 amide bonds. The van der Waals surface area contributed by atoms with Crippen LogP contribution in [0.15, 0.2) is 18.3 Å². The normalized spacial score (nSPS) is 8.91. The Morgan fingerprint density at radius 3 is 2.82 bits per heavy atom. The molecule has 0 saturated carbocycles. The molecule has 0 spiro atoms. The fourth-order valence-corrected chi connectivity index (χ4v) is 0.871. The van der Waals surface area contributed by atoms with Crippen molar-refractivity contribution in [3.05, 3.63) is 29.6 Å². The monoisotopic (exact) mass is 172 g/mol. The highest BCUT2D eigenvalue weighted by molar-refractivity contribution is 5.85. The van der Waals surface area contributed by atoms with Crippen molar-refractivity contribution >= 4 is 12.4 Å². The fraction of sp³-hybridized carbons (Fsp3) is 0.375. The van der Waals surface area contributed by atoms with Gasteiger partial charge in [-0.3, -0.25) is 4.98 Å². The van der Waals surface area contributed by atoms with Crippen LogP contribution in [0.3, 0.4) is 0 Å². The first-order valence-corrected chi connectivity index (χ1v) is 3.39. The van der Waals surface area contributed by atoms with Crippen molar-refractivity contribution in [2.24, 2.45) is 0 Å². The molecule has 0 aliphatic carbocycles. The van der Waals surface area contributed by atoms with E-state index < -0.39 is 0 Å². The van der Waals surface area contributed by atoms with Gasteiger partial charge in [0, 0.05) is 12.7 Å². The minimum atomic E-state index is 0. The third-order valence-electron chi connectivity index (χ3n) is 1.46. The van der Waals surface area contributed by atoms with E-state index in [1.807, 2.05) is 19.3 Å². The maximum Gasteiger partial charge on any atom is 0.0570 e. The second kappa shape index (κ2) is 5.10. The highest BCUT2D eigenvalue weighted by atomic mass is 35.5. The molecule has 62 valence electrons. The van der Waals surface area contributed by atoms with E-state index >= 15 is 0 Å². The molecule has 0 aliphatic rings. The van der Waals surface area contributed by atoms with E-state index in [1.165, 1.54) is 5.56 Å². The Labute approximate surface area is 73.4 Å². The number of rotatable bonds is 2. The predicted molar refractivity (Wildman–Crippen MR) is 49.0 cm³/mol. The number of nitrogens with zero attached hydrogens (tertiary/aromatic N) is 1. The largest absolute Gasteiger partial charge is 0.314 e. The molecular formula is C8H13ClN2. The second-order valence-corrected chi connectivity index (χ2v) is 2.30. The second-order valence-electron chi connectivity index (χ2n) is 2.30. The van der Waals surface area contributed by atoms with Crippen molar-refractivity contribution in [2.45, 2.75) is 13.5 Å². The van der Waals surface area contributed by atoms with Crippen LogP contribution < -0.4 is 5.32 Å². The summed E-state index contributed by atoms with van der Waals surface area (Å²) in [6, 6.07) is 4.02. The lowest BCUT2D eigenvalue weighted by Gasteiger charge is -2.00. The van der Waals surface area contributed by atoms with Gasteiger partial charge in [-0.05, 0) is 25.6 Å². The van der Waals surface area contributed by atoms with Crippen LogP contribution in [0.2, 0.25) is 0 Å². The number of aryl methyl sites for hydroxylation is 1. The van der Waals surface area contributed by atoms with E-state index in [0.717, 1.165) is 12.2 Å². The number of pyridine rings is 1. The van der Waals surface area contributed by atoms with Crippen molar-refractivity contribution in [1.29, 1.82) is 0 Å². The van der Waals surface area contributed by atoms with Crippen molar-refractivity contribution in [2.75, 3.05) is 7.05 Å². The van der Waals surface area contributed by atoms with Crippen LogP contribution in [-0.2, 0) is 6.54 Å². The van der Waals surface area contributed by atoms with Gasteiger partial charge >= 0.3 is 0 Å². The highest BCUT2D eigenvalue weighted by Crippen LogP contribution is 2.01. The van der Waals surface area contributed by atoms with Gasteiger partial charge in [-0.25, -0.2) is 0 Å². The van der Waals surface area contributed by atoms with Gasteiger partial charge < -0.3 is 5.32 Å². The SMILES string of the molecule is CNCc1ncccc1C.Cl.